The highest BCUT2D eigenvalue weighted by atomic mass is 15.1. The molecule has 1 aromatic rings. The number of likely N-dealkylation sites (tertiary alicyclic amines) is 1. The molecule has 2 atom stereocenters. The molecule has 2 heteroatoms. The van der Waals surface area contributed by atoms with E-state index in [1.165, 1.54) is 31.6 Å². The molecule has 0 saturated carbocycles. The third-order valence-electron chi connectivity index (χ3n) is 3.63. The van der Waals surface area contributed by atoms with Crippen LogP contribution in [0.4, 0.5) is 0 Å². The molecule has 1 saturated heterocycles. The summed E-state index contributed by atoms with van der Waals surface area (Å²) in [5.74, 6) is 0.846. The molecule has 0 aromatic heterocycles. The van der Waals surface area contributed by atoms with Crippen molar-refractivity contribution in [2.45, 2.75) is 25.8 Å². The van der Waals surface area contributed by atoms with Crippen molar-refractivity contribution in [2.24, 2.45) is 5.92 Å². The SMILES string of the molecule is CC(Cc1ccccc1)NCC1CCN(C)C1. The van der Waals surface area contributed by atoms with E-state index in [0.29, 0.717) is 6.04 Å². The van der Waals surface area contributed by atoms with Gasteiger partial charge in [-0.3, -0.25) is 0 Å². The van der Waals surface area contributed by atoms with E-state index in [0.717, 1.165) is 12.3 Å². The molecule has 0 bridgehead atoms. The molecule has 1 aliphatic rings. The average molecular weight is 232 g/mol. The van der Waals surface area contributed by atoms with E-state index in [4.69, 9.17) is 0 Å². The Hall–Kier alpha value is -0.860. The monoisotopic (exact) mass is 232 g/mol. The van der Waals surface area contributed by atoms with Crippen molar-refractivity contribution >= 4 is 0 Å². The number of nitrogens with zero attached hydrogens (tertiary/aromatic N) is 1. The zero-order valence-corrected chi connectivity index (χ0v) is 11.0. The zero-order valence-electron chi connectivity index (χ0n) is 11.0. The second kappa shape index (κ2) is 6.18. The van der Waals surface area contributed by atoms with E-state index in [2.05, 4.69) is 54.5 Å². The first-order chi connectivity index (χ1) is 8.24. The van der Waals surface area contributed by atoms with E-state index in [1.54, 1.807) is 0 Å². The summed E-state index contributed by atoms with van der Waals surface area (Å²) in [5.41, 5.74) is 1.43. The zero-order chi connectivity index (χ0) is 12.1. The third kappa shape index (κ3) is 4.14. The van der Waals surface area contributed by atoms with E-state index in [9.17, 15) is 0 Å². The van der Waals surface area contributed by atoms with E-state index in [-0.39, 0.29) is 0 Å². The number of nitrogens with one attached hydrogen (secondary N) is 1. The Morgan fingerprint density at radius 3 is 2.76 bits per heavy atom. The van der Waals surface area contributed by atoms with Crippen molar-refractivity contribution in [3.8, 4) is 0 Å². The Labute approximate surface area is 105 Å². The predicted octanol–water partition coefficient (Wildman–Crippen LogP) is 2.16. The molecule has 1 heterocycles. The quantitative estimate of drug-likeness (QED) is 0.837. The van der Waals surface area contributed by atoms with Gasteiger partial charge < -0.3 is 10.2 Å². The summed E-state index contributed by atoms with van der Waals surface area (Å²) >= 11 is 0. The molecule has 0 aliphatic carbocycles. The molecule has 1 N–H and O–H groups in total. The molecule has 1 aromatic carbocycles. The molecule has 1 aliphatic heterocycles. The minimum atomic E-state index is 0.573. The fraction of sp³-hybridized carbons (Fsp3) is 0.600. The van der Waals surface area contributed by atoms with Crippen LogP contribution < -0.4 is 5.32 Å². The summed E-state index contributed by atoms with van der Waals surface area (Å²) in [6, 6.07) is 11.3. The maximum absolute atomic E-state index is 3.67. The molecular weight excluding hydrogens is 208 g/mol. The maximum atomic E-state index is 3.67. The van der Waals surface area contributed by atoms with Crippen LogP contribution in [0.3, 0.4) is 0 Å². The van der Waals surface area contributed by atoms with Crippen LogP contribution in [0.1, 0.15) is 18.9 Å². The Bertz CT molecular complexity index is 323. The maximum Gasteiger partial charge on any atom is 0.00792 e. The number of hydrogen-bond acceptors (Lipinski definition) is 2. The summed E-state index contributed by atoms with van der Waals surface area (Å²) in [6.07, 6.45) is 2.48. The highest BCUT2D eigenvalue weighted by Crippen LogP contribution is 2.13. The lowest BCUT2D eigenvalue weighted by molar-refractivity contribution is 0.380. The first-order valence-electron chi connectivity index (χ1n) is 6.70. The molecule has 0 radical (unpaired) electrons. The van der Waals surface area contributed by atoms with Crippen LogP contribution in [0.25, 0.3) is 0 Å². The predicted molar refractivity (Wildman–Crippen MR) is 73.2 cm³/mol. The molecule has 2 unspecified atom stereocenters. The number of rotatable bonds is 5. The molecule has 0 amide bonds. The fourth-order valence-corrected chi connectivity index (χ4v) is 2.60. The summed E-state index contributed by atoms with van der Waals surface area (Å²) in [4.78, 5) is 2.42. The minimum absolute atomic E-state index is 0.573. The summed E-state index contributed by atoms with van der Waals surface area (Å²) in [5, 5.41) is 3.67. The van der Waals surface area contributed by atoms with Gasteiger partial charge in [0.15, 0.2) is 0 Å². The standard InChI is InChI=1S/C15H24N2/c1-13(10-14-6-4-3-5-7-14)16-11-15-8-9-17(2)12-15/h3-7,13,15-16H,8-12H2,1-2H3. The van der Waals surface area contributed by atoms with Gasteiger partial charge in [-0.15, -0.1) is 0 Å². The van der Waals surface area contributed by atoms with Gasteiger partial charge in [-0.1, -0.05) is 30.3 Å². The molecule has 94 valence electrons. The second-order valence-electron chi connectivity index (χ2n) is 5.42. The largest absolute Gasteiger partial charge is 0.314 e. The van der Waals surface area contributed by atoms with Crippen molar-refractivity contribution in [3.63, 3.8) is 0 Å². The van der Waals surface area contributed by atoms with Gasteiger partial charge in [0.2, 0.25) is 0 Å². The van der Waals surface area contributed by atoms with Gasteiger partial charge in [0.1, 0.15) is 0 Å². The van der Waals surface area contributed by atoms with Gasteiger partial charge in [0, 0.05) is 12.6 Å². The molecule has 2 nitrogen and oxygen atoms in total. The van der Waals surface area contributed by atoms with Gasteiger partial charge in [-0.2, -0.15) is 0 Å². The normalized spacial score (nSPS) is 22.8. The van der Waals surface area contributed by atoms with E-state index < -0.39 is 0 Å². The van der Waals surface area contributed by atoms with Crippen LogP contribution in [0.15, 0.2) is 30.3 Å². The topological polar surface area (TPSA) is 15.3 Å². The van der Waals surface area contributed by atoms with Gasteiger partial charge in [-0.05, 0) is 51.4 Å². The van der Waals surface area contributed by atoms with Crippen LogP contribution in [-0.4, -0.2) is 37.6 Å². The van der Waals surface area contributed by atoms with Gasteiger partial charge in [0.25, 0.3) is 0 Å². The van der Waals surface area contributed by atoms with Crippen LogP contribution in [0.5, 0.6) is 0 Å². The molecule has 17 heavy (non-hydrogen) atoms. The first kappa shape index (κ1) is 12.6. The first-order valence-corrected chi connectivity index (χ1v) is 6.70. The van der Waals surface area contributed by atoms with Crippen molar-refractivity contribution < 1.29 is 0 Å². The van der Waals surface area contributed by atoms with Gasteiger partial charge in [-0.25, -0.2) is 0 Å². The number of benzene rings is 1. The van der Waals surface area contributed by atoms with Crippen LogP contribution in [0, 0.1) is 5.92 Å². The summed E-state index contributed by atoms with van der Waals surface area (Å²) in [6.45, 7) is 5.97. The van der Waals surface area contributed by atoms with Gasteiger partial charge in [0.05, 0.1) is 0 Å². The fourth-order valence-electron chi connectivity index (χ4n) is 2.60. The highest BCUT2D eigenvalue weighted by molar-refractivity contribution is 5.15. The Morgan fingerprint density at radius 1 is 1.35 bits per heavy atom. The number of hydrogen-bond donors (Lipinski definition) is 1. The molecule has 2 rings (SSSR count). The average Bonchev–Trinajstić information content (AvgIpc) is 2.74. The molecular formula is C15H24N2. The highest BCUT2D eigenvalue weighted by Gasteiger charge is 2.19. The van der Waals surface area contributed by atoms with Gasteiger partial charge >= 0.3 is 0 Å². The van der Waals surface area contributed by atoms with E-state index >= 15 is 0 Å². The summed E-state index contributed by atoms with van der Waals surface area (Å²) < 4.78 is 0. The van der Waals surface area contributed by atoms with Crippen molar-refractivity contribution in [3.05, 3.63) is 35.9 Å². The van der Waals surface area contributed by atoms with Crippen molar-refractivity contribution in [1.82, 2.24) is 10.2 Å². The van der Waals surface area contributed by atoms with E-state index in [1.807, 2.05) is 0 Å². The van der Waals surface area contributed by atoms with Crippen molar-refractivity contribution in [2.75, 3.05) is 26.7 Å². The lowest BCUT2D eigenvalue weighted by atomic mass is 10.1. The summed E-state index contributed by atoms with van der Waals surface area (Å²) in [7, 11) is 2.22. The lowest BCUT2D eigenvalue weighted by Gasteiger charge is -2.17. The lowest BCUT2D eigenvalue weighted by Crippen LogP contribution is -2.33. The van der Waals surface area contributed by atoms with Crippen LogP contribution in [-0.2, 0) is 6.42 Å². The smallest absolute Gasteiger partial charge is 0.00792 e. The molecule has 0 spiro atoms. The molecule has 1 fully saturated rings. The Morgan fingerprint density at radius 2 is 2.12 bits per heavy atom. The van der Waals surface area contributed by atoms with Crippen LogP contribution in [0.2, 0.25) is 0 Å². The third-order valence-corrected chi connectivity index (χ3v) is 3.63. The Balaban J connectivity index is 1.69. The second-order valence-corrected chi connectivity index (χ2v) is 5.42. The minimum Gasteiger partial charge on any atom is -0.314 e. The van der Waals surface area contributed by atoms with Crippen molar-refractivity contribution in [1.29, 1.82) is 0 Å². The van der Waals surface area contributed by atoms with Crippen LogP contribution >= 0.6 is 0 Å². The Kier molecular flexibility index (Phi) is 4.57.